The number of nitrogens with two attached hydrogens (primary N) is 1. The second-order valence-electron chi connectivity index (χ2n) is 3.77. The van der Waals surface area contributed by atoms with Crippen molar-refractivity contribution in [2.45, 2.75) is 19.4 Å². The molecule has 1 heterocycles. The van der Waals surface area contributed by atoms with E-state index in [2.05, 4.69) is 10.2 Å². The molecular formula is C11H12N4O3. The SMILES string of the molecule is CCC(N)c1nnc(-c2cccc([N+](=O)[O-])c2)o1. The van der Waals surface area contributed by atoms with Gasteiger partial charge in [0.2, 0.25) is 11.8 Å². The highest BCUT2D eigenvalue weighted by atomic mass is 16.6. The fraction of sp³-hybridized carbons (Fsp3) is 0.273. The number of nitrogens with zero attached hydrogens (tertiary/aromatic N) is 3. The minimum Gasteiger partial charge on any atom is -0.419 e. The van der Waals surface area contributed by atoms with Gasteiger partial charge in [0.1, 0.15) is 0 Å². The second kappa shape index (κ2) is 4.92. The monoisotopic (exact) mass is 248 g/mol. The average Bonchev–Trinajstić information content (AvgIpc) is 2.87. The van der Waals surface area contributed by atoms with E-state index >= 15 is 0 Å². The van der Waals surface area contributed by atoms with Gasteiger partial charge in [-0.15, -0.1) is 10.2 Å². The van der Waals surface area contributed by atoms with E-state index in [4.69, 9.17) is 10.2 Å². The van der Waals surface area contributed by atoms with Gasteiger partial charge in [0.15, 0.2) is 0 Å². The van der Waals surface area contributed by atoms with Crippen LogP contribution in [-0.2, 0) is 0 Å². The van der Waals surface area contributed by atoms with Gasteiger partial charge in [-0.1, -0.05) is 13.0 Å². The smallest absolute Gasteiger partial charge is 0.270 e. The first-order valence-electron chi connectivity index (χ1n) is 5.45. The highest BCUT2D eigenvalue weighted by Gasteiger charge is 2.15. The number of aromatic nitrogens is 2. The van der Waals surface area contributed by atoms with Gasteiger partial charge in [0.05, 0.1) is 11.0 Å². The lowest BCUT2D eigenvalue weighted by molar-refractivity contribution is -0.384. The maximum atomic E-state index is 10.7. The second-order valence-corrected chi connectivity index (χ2v) is 3.77. The molecule has 0 bridgehead atoms. The lowest BCUT2D eigenvalue weighted by Gasteiger charge is -2.00. The molecule has 7 heteroatoms. The molecule has 1 aromatic carbocycles. The van der Waals surface area contributed by atoms with Crippen LogP contribution in [0.2, 0.25) is 0 Å². The third-order valence-corrected chi connectivity index (χ3v) is 2.50. The van der Waals surface area contributed by atoms with Crippen molar-refractivity contribution in [3.05, 3.63) is 40.3 Å². The van der Waals surface area contributed by atoms with Gasteiger partial charge in [0.25, 0.3) is 5.69 Å². The normalized spacial score (nSPS) is 12.3. The quantitative estimate of drug-likeness (QED) is 0.655. The summed E-state index contributed by atoms with van der Waals surface area (Å²) in [6.45, 7) is 1.90. The first-order chi connectivity index (χ1) is 8.61. The van der Waals surface area contributed by atoms with Crippen molar-refractivity contribution >= 4 is 5.69 Å². The first kappa shape index (κ1) is 12.2. The van der Waals surface area contributed by atoms with Crippen LogP contribution in [-0.4, -0.2) is 15.1 Å². The molecule has 1 aromatic heterocycles. The molecule has 1 unspecified atom stereocenters. The Hall–Kier alpha value is -2.28. The summed E-state index contributed by atoms with van der Waals surface area (Å²) in [4.78, 5) is 10.2. The Kier molecular flexibility index (Phi) is 3.33. The fourth-order valence-electron chi connectivity index (χ4n) is 1.43. The van der Waals surface area contributed by atoms with Crippen LogP contribution >= 0.6 is 0 Å². The number of nitro groups is 1. The minimum absolute atomic E-state index is 0.0213. The number of non-ortho nitro benzene ring substituents is 1. The molecule has 0 saturated heterocycles. The summed E-state index contributed by atoms with van der Waals surface area (Å²) in [5.74, 6) is 0.566. The van der Waals surface area contributed by atoms with Crippen molar-refractivity contribution in [1.82, 2.24) is 10.2 Å². The molecule has 1 atom stereocenters. The first-order valence-corrected chi connectivity index (χ1v) is 5.45. The molecule has 7 nitrogen and oxygen atoms in total. The van der Waals surface area contributed by atoms with Crippen LogP contribution in [0.3, 0.4) is 0 Å². The van der Waals surface area contributed by atoms with Crippen LogP contribution in [0, 0.1) is 10.1 Å². The van der Waals surface area contributed by atoms with Crippen molar-refractivity contribution in [1.29, 1.82) is 0 Å². The predicted molar refractivity (Wildman–Crippen MR) is 63.6 cm³/mol. The molecule has 0 aliphatic heterocycles. The Morgan fingerprint density at radius 3 is 2.94 bits per heavy atom. The van der Waals surface area contributed by atoms with Gasteiger partial charge in [0, 0.05) is 17.7 Å². The molecule has 18 heavy (non-hydrogen) atoms. The predicted octanol–water partition coefficient (Wildman–Crippen LogP) is 2.05. The Balaban J connectivity index is 2.34. The van der Waals surface area contributed by atoms with Crippen LogP contribution in [0.5, 0.6) is 0 Å². The summed E-state index contributed by atoms with van der Waals surface area (Å²) in [6.07, 6.45) is 0.677. The largest absolute Gasteiger partial charge is 0.419 e. The van der Waals surface area contributed by atoms with E-state index in [1.807, 2.05) is 6.92 Å². The molecule has 0 fully saturated rings. The molecule has 0 aliphatic carbocycles. The summed E-state index contributed by atoms with van der Waals surface area (Å²) in [5, 5.41) is 18.3. The third-order valence-electron chi connectivity index (χ3n) is 2.50. The number of rotatable bonds is 4. The molecule has 0 spiro atoms. The van der Waals surface area contributed by atoms with Crippen molar-refractivity contribution in [3.63, 3.8) is 0 Å². The van der Waals surface area contributed by atoms with E-state index in [1.165, 1.54) is 12.1 Å². The third kappa shape index (κ3) is 2.35. The molecular weight excluding hydrogens is 236 g/mol. The maximum Gasteiger partial charge on any atom is 0.270 e. The summed E-state index contributed by atoms with van der Waals surface area (Å²) < 4.78 is 5.39. The van der Waals surface area contributed by atoms with Crippen molar-refractivity contribution in [2.24, 2.45) is 5.73 Å². The standard InChI is InChI=1S/C11H12N4O3/c1-2-9(12)11-14-13-10(18-11)7-4-3-5-8(6-7)15(16)17/h3-6,9H,2,12H2,1H3. The zero-order valence-corrected chi connectivity index (χ0v) is 9.74. The van der Waals surface area contributed by atoms with Crippen LogP contribution in [0.4, 0.5) is 5.69 Å². The number of hydrogen-bond donors (Lipinski definition) is 1. The molecule has 0 radical (unpaired) electrons. The van der Waals surface area contributed by atoms with Crippen LogP contribution in [0.25, 0.3) is 11.5 Å². The Morgan fingerprint density at radius 1 is 1.50 bits per heavy atom. The highest BCUT2D eigenvalue weighted by Crippen LogP contribution is 2.24. The minimum atomic E-state index is -0.474. The number of benzene rings is 1. The molecule has 2 rings (SSSR count). The van der Waals surface area contributed by atoms with E-state index in [0.29, 0.717) is 17.9 Å². The van der Waals surface area contributed by atoms with Gasteiger partial charge in [-0.05, 0) is 12.5 Å². The summed E-state index contributed by atoms with van der Waals surface area (Å²) in [7, 11) is 0. The van der Waals surface area contributed by atoms with E-state index in [-0.39, 0.29) is 17.6 Å². The molecule has 0 aliphatic rings. The van der Waals surface area contributed by atoms with Crippen LogP contribution in [0.1, 0.15) is 25.3 Å². The van der Waals surface area contributed by atoms with E-state index in [1.54, 1.807) is 12.1 Å². The van der Waals surface area contributed by atoms with Gasteiger partial charge >= 0.3 is 0 Å². The topological polar surface area (TPSA) is 108 Å². The van der Waals surface area contributed by atoms with Crippen LogP contribution < -0.4 is 5.73 Å². The highest BCUT2D eigenvalue weighted by molar-refractivity contribution is 5.57. The summed E-state index contributed by atoms with van der Waals surface area (Å²) >= 11 is 0. The Bertz CT molecular complexity index is 567. The maximum absolute atomic E-state index is 10.7. The summed E-state index contributed by atoms with van der Waals surface area (Å²) in [5.41, 5.74) is 6.24. The van der Waals surface area contributed by atoms with Crippen molar-refractivity contribution in [2.75, 3.05) is 0 Å². The van der Waals surface area contributed by atoms with Gasteiger partial charge < -0.3 is 10.2 Å². The van der Waals surface area contributed by atoms with Crippen molar-refractivity contribution in [3.8, 4) is 11.5 Å². The Morgan fingerprint density at radius 2 is 2.28 bits per heavy atom. The molecule has 94 valence electrons. The van der Waals surface area contributed by atoms with Gasteiger partial charge in [-0.3, -0.25) is 10.1 Å². The lowest BCUT2D eigenvalue weighted by Crippen LogP contribution is -2.08. The van der Waals surface area contributed by atoms with E-state index in [0.717, 1.165) is 0 Å². The molecule has 0 saturated carbocycles. The summed E-state index contributed by atoms with van der Waals surface area (Å²) in [6, 6.07) is 5.71. The Labute approximate surface area is 103 Å². The van der Waals surface area contributed by atoms with Crippen LogP contribution in [0.15, 0.2) is 28.7 Å². The molecule has 0 amide bonds. The average molecular weight is 248 g/mol. The van der Waals surface area contributed by atoms with Gasteiger partial charge in [-0.25, -0.2) is 0 Å². The van der Waals surface area contributed by atoms with E-state index in [9.17, 15) is 10.1 Å². The number of nitro benzene ring substituents is 1. The molecule has 2 N–H and O–H groups in total. The van der Waals surface area contributed by atoms with Gasteiger partial charge in [-0.2, -0.15) is 0 Å². The van der Waals surface area contributed by atoms with E-state index < -0.39 is 4.92 Å². The number of hydrogen-bond acceptors (Lipinski definition) is 6. The molecule has 2 aromatic rings. The zero-order valence-electron chi connectivity index (χ0n) is 9.74. The van der Waals surface area contributed by atoms with Crippen molar-refractivity contribution < 1.29 is 9.34 Å². The lowest BCUT2D eigenvalue weighted by atomic mass is 10.2. The fourth-order valence-corrected chi connectivity index (χ4v) is 1.43. The zero-order chi connectivity index (χ0) is 13.1.